The molecule has 0 spiro atoms. The van der Waals surface area contributed by atoms with Gasteiger partial charge < -0.3 is 0 Å². The van der Waals surface area contributed by atoms with E-state index in [9.17, 15) is 0 Å². The van der Waals surface area contributed by atoms with Gasteiger partial charge in [0.05, 0.1) is 0 Å². The third-order valence-electron chi connectivity index (χ3n) is 6.58. The molecule has 0 amide bonds. The second kappa shape index (κ2) is 4.67. The molecule has 17 heavy (non-hydrogen) atoms. The van der Waals surface area contributed by atoms with Crippen LogP contribution >= 0.6 is 0 Å². The molecule has 2 rings (SSSR count). The van der Waals surface area contributed by atoms with Crippen LogP contribution in [0.1, 0.15) is 52.9 Å². The van der Waals surface area contributed by atoms with E-state index in [1.807, 2.05) is 0 Å². The Morgan fingerprint density at radius 1 is 1.06 bits per heavy atom. The van der Waals surface area contributed by atoms with Crippen molar-refractivity contribution in [2.75, 3.05) is 0 Å². The van der Waals surface area contributed by atoms with Crippen molar-refractivity contribution in [2.24, 2.45) is 28.6 Å². The first kappa shape index (κ1) is 13.6. The van der Waals surface area contributed by atoms with Crippen molar-refractivity contribution in [1.29, 1.82) is 0 Å². The lowest BCUT2D eigenvalue weighted by atomic mass is 9.74. The Morgan fingerprint density at radius 3 is 2.18 bits per heavy atom. The molecule has 0 bridgehead atoms. The molecule has 0 heterocycles. The Morgan fingerprint density at radius 2 is 1.71 bits per heavy atom. The van der Waals surface area contributed by atoms with Crippen LogP contribution in [0.25, 0.3) is 0 Å². The largest absolute Gasteiger partial charge is 0.101 e. The van der Waals surface area contributed by atoms with Gasteiger partial charge in [0.2, 0.25) is 0 Å². The highest BCUT2D eigenvalue weighted by Crippen LogP contribution is 2.82. The van der Waals surface area contributed by atoms with Crippen LogP contribution in [-0.4, -0.2) is 15.7 Å². The normalized spacial score (nSPS) is 48.1. The molecule has 2 aliphatic carbocycles. The zero-order valence-electron chi connectivity index (χ0n) is 12.7. The average molecular weight is 232 g/mol. The molecule has 0 aromatic rings. The van der Waals surface area contributed by atoms with Crippen molar-refractivity contribution >= 4 is 15.7 Å². The Hall–Kier alpha value is 0.130. The molecule has 0 aliphatic heterocycles. The molecule has 0 N–H and O–H groups in total. The predicted molar refractivity (Wildman–Crippen MR) is 82.1 cm³/mol. The van der Waals surface area contributed by atoms with Crippen LogP contribution in [0, 0.1) is 28.6 Å². The van der Waals surface area contributed by atoms with Crippen molar-refractivity contribution in [3.63, 3.8) is 0 Å². The molecule has 0 radical (unpaired) electrons. The summed E-state index contributed by atoms with van der Waals surface area (Å²) in [5, 5.41) is 0. The van der Waals surface area contributed by atoms with Crippen LogP contribution in [0.15, 0.2) is 0 Å². The molecule has 2 fully saturated rings. The van der Waals surface area contributed by atoms with Crippen LogP contribution in [0.2, 0.25) is 12.6 Å². The SMILES string of the molecule is BCCC1CC1(CC)C1(CC)C(C)C1CCB. The Kier molecular flexibility index (Phi) is 3.72. The molecule has 0 aromatic heterocycles. The summed E-state index contributed by atoms with van der Waals surface area (Å²) < 4.78 is 0. The van der Waals surface area contributed by atoms with E-state index in [1.165, 1.54) is 38.3 Å². The minimum Gasteiger partial charge on any atom is -0.0808 e. The van der Waals surface area contributed by atoms with Gasteiger partial charge in [-0.1, -0.05) is 46.3 Å². The first-order chi connectivity index (χ1) is 8.14. The molecule has 96 valence electrons. The van der Waals surface area contributed by atoms with Crippen molar-refractivity contribution < 1.29 is 0 Å². The third kappa shape index (κ3) is 1.65. The van der Waals surface area contributed by atoms with Gasteiger partial charge in [-0.3, -0.25) is 0 Å². The van der Waals surface area contributed by atoms with E-state index in [0.717, 1.165) is 28.6 Å². The molecule has 5 atom stereocenters. The lowest BCUT2D eigenvalue weighted by Gasteiger charge is -2.29. The van der Waals surface area contributed by atoms with Gasteiger partial charge in [0.1, 0.15) is 15.7 Å². The summed E-state index contributed by atoms with van der Waals surface area (Å²) in [6, 6.07) is 0. The van der Waals surface area contributed by atoms with Crippen LogP contribution in [0.4, 0.5) is 0 Å². The maximum Gasteiger partial charge on any atom is 0.101 e. The molecule has 0 aromatic carbocycles. The lowest BCUT2D eigenvalue weighted by molar-refractivity contribution is 0.195. The smallest absolute Gasteiger partial charge is 0.0808 e. The number of rotatable bonds is 7. The maximum absolute atomic E-state index is 2.54. The third-order valence-corrected chi connectivity index (χ3v) is 6.58. The summed E-state index contributed by atoms with van der Waals surface area (Å²) in [7, 11) is 4.72. The van der Waals surface area contributed by atoms with Crippen molar-refractivity contribution in [3.8, 4) is 0 Å². The van der Waals surface area contributed by atoms with E-state index in [2.05, 4.69) is 36.5 Å². The van der Waals surface area contributed by atoms with Crippen LogP contribution in [-0.2, 0) is 0 Å². The topological polar surface area (TPSA) is 0 Å². The highest BCUT2D eigenvalue weighted by Gasteiger charge is 2.76. The van der Waals surface area contributed by atoms with Crippen molar-refractivity contribution in [2.45, 2.75) is 65.5 Å². The second-order valence-corrected chi connectivity index (χ2v) is 6.78. The van der Waals surface area contributed by atoms with Gasteiger partial charge in [-0.25, -0.2) is 0 Å². The molecular weight excluding hydrogens is 202 g/mol. The maximum atomic E-state index is 2.54. The minimum atomic E-state index is 0.748. The van der Waals surface area contributed by atoms with Gasteiger partial charge in [0, 0.05) is 0 Å². The summed E-state index contributed by atoms with van der Waals surface area (Å²) in [4.78, 5) is 0. The van der Waals surface area contributed by atoms with Gasteiger partial charge in [0.15, 0.2) is 0 Å². The molecule has 2 aliphatic rings. The molecule has 0 saturated heterocycles. The Balaban J connectivity index is 2.14. The fourth-order valence-corrected chi connectivity index (χ4v) is 5.74. The van der Waals surface area contributed by atoms with E-state index < -0.39 is 0 Å². The Bertz CT molecular complexity index is 278. The molecule has 2 heteroatoms. The van der Waals surface area contributed by atoms with Crippen LogP contribution in [0.3, 0.4) is 0 Å². The van der Waals surface area contributed by atoms with E-state index in [0.29, 0.717) is 0 Å². The van der Waals surface area contributed by atoms with Crippen LogP contribution in [0.5, 0.6) is 0 Å². The lowest BCUT2D eigenvalue weighted by Crippen LogP contribution is -2.22. The highest BCUT2D eigenvalue weighted by atomic mass is 14.8. The molecule has 5 unspecified atom stereocenters. The van der Waals surface area contributed by atoms with E-state index in [4.69, 9.17) is 0 Å². The highest BCUT2D eigenvalue weighted by molar-refractivity contribution is 6.08. The number of hydrogen-bond acceptors (Lipinski definition) is 0. The van der Waals surface area contributed by atoms with E-state index in [-0.39, 0.29) is 0 Å². The molecule has 0 nitrogen and oxygen atoms in total. The Labute approximate surface area is 110 Å². The monoisotopic (exact) mass is 232 g/mol. The second-order valence-electron chi connectivity index (χ2n) is 6.78. The summed E-state index contributed by atoms with van der Waals surface area (Å²) >= 11 is 0. The first-order valence-corrected chi connectivity index (χ1v) is 8.14. The zero-order valence-corrected chi connectivity index (χ0v) is 12.7. The van der Waals surface area contributed by atoms with Gasteiger partial charge in [0.25, 0.3) is 0 Å². The standard InChI is InChI=1S/C15H30B2/c1-4-14(10-12(14)6-8-16)15(5-2)11(3)13(15)7-9-17/h11-13H,4-10,16-17H2,1-3H3. The van der Waals surface area contributed by atoms with Gasteiger partial charge in [-0.05, 0) is 47.8 Å². The van der Waals surface area contributed by atoms with E-state index in [1.54, 1.807) is 6.42 Å². The summed E-state index contributed by atoms with van der Waals surface area (Å²) in [6.07, 6.45) is 10.2. The fraction of sp³-hybridized carbons (Fsp3) is 1.00. The van der Waals surface area contributed by atoms with Crippen molar-refractivity contribution in [3.05, 3.63) is 0 Å². The predicted octanol–water partition coefficient (Wildman–Crippen LogP) is 2.95. The van der Waals surface area contributed by atoms with Gasteiger partial charge >= 0.3 is 0 Å². The first-order valence-electron chi connectivity index (χ1n) is 8.14. The van der Waals surface area contributed by atoms with Gasteiger partial charge in [-0.2, -0.15) is 0 Å². The average Bonchev–Trinajstić information content (AvgIpc) is 3.18. The minimum absolute atomic E-state index is 0.748. The van der Waals surface area contributed by atoms with E-state index >= 15 is 0 Å². The summed E-state index contributed by atoms with van der Waals surface area (Å²) in [5.41, 5.74) is 1.51. The van der Waals surface area contributed by atoms with Gasteiger partial charge in [-0.15, -0.1) is 0 Å². The molecular formula is C15H30B2. The van der Waals surface area contributed by atoms with Crippen molar-refractivity contribution in [1.82, 2.24) is 0 Å². The van der Waals surface area contributed by atoms with Crippen LogP contribution < -0.4 is 0 Å². The summed E-state index contributed by atoms with van der Waals surface area (Å²) in [6.45, 7) is 7.47. The zero-order chi connectivity index (χ0) is 12.7. The quantitative estimate of drug-likeness (QED) is 0.592. The summed E-state index contributed by atoms with van der Waals surface area (Å²) in [5.74, 6) is 3.13. The number of hydrogen-bond donors (Lipinski definition) is 0. The molecule has 2 saturated carbocycles. The fourth-order valence-electron chi connectivity index (χ4n) is 5.74.